The van der Waals surface area contributed by atoms with Gasteiger partial charge in [0.15, 0.2) is 0 Å². The molecule has 0 unspecified atom stereocenters. The summed E-state index contributed by atoms with van der Waals surface area (Å²) < 4.78 is 5.71. The number of hydrogen-bond acceptors (Lipinski definition) is 3. The number of para-hydroxylation sites is 2. The van der Waals surface area contributed by atoms with Crippen LogP contribution in [0.2, 0.25) is 0 Å². The molecule has 16 heavy (non-hydrogen) atoms. The number of rotatable bonds is 1. The summed E-state index contributed by atoms with van der Waals surface area (Å²) in [4.78, 5) is 9.03. The van der Waals surface area contributed by atoms with Crippen LogP contribution in [0.15, 0.2) is 30.5 Å². The highest BCUT2D eigenvalue weighted by Gasteiger charge is 2.17. The van der Waals surface area contributed by atoms with E-state index in [2.05, 4.69) is 9.97 Å². The van der Waals surface area contributed by atoms with Crippen molar-refractivity contribution in [2.24, 2.45) is 0 Å². The van der Waals surface area contributed by atoms with Gasteiger partial charge in [-0.05, 0) is 31.4 Å². The van der Waals surface area contributed by atoms with Crippen LogP contribution in [-0.2, 0) is 4.74 Å². The molecular formula is C13H14N2O. The lowest BCUT2D eigenvalue weighted by atomic mass is 10.1. The van der Waals surface area contributed by atoms with Crippen molar-refractivity contribution < 1.29 is 4.74 Å². The summed E-state index contributed by atoms with van der Waals surface area (Å²) in [6.07, 6.45) is 5.44. The van der Waals surface area contributed by atoms with Crippen molar-refractivity contribution in [2.45, 2.75) is 25.4 Å². The number of nitrogens with zero attached hydrogens (tertiary/aromatic N) is 2. The average molecular weight is 214 g/mol. The van der Waals surface area contributed by atoms with Crippen molar-refractivity contribution in [3.05, 3.63) is 36.2 Å². The lowest BCUT2D eigenvalue weighted by Crippen LogP contribution is -2.13. The van der Waals surface area contributed by atoms with E-state index in [1.807, 2.05) is 30.5 Å². The van der Waals surface area contributed by atoms with E-state index in [0.717, 1.165) is 36.2 Å². The van der Waals surface area contributed by atoms with Gasteiger partial charge in [0.1, 0.15) is 6.10 Å². The highest BCUT2D eigenvalue weighted by Crippen LogP contribution is 2.26. The van der Waals surface area contributed by atoms with Crippen LogP contribution in [-0.4, -0.2) is 16.6 Å². The van der Waals surface area contributed by atoms with Crippen LogP contribution in [0.4, 0.5) is 0 Å². The number of aromatic nitrogens is 2. The minimum absolute atomic E-state index is 0.144. The van der Waals surface area contributed by atoms with Crippen molar-refractivity contribution >= 4 is 11.0 Å². The second kappa shape index (κ2) is 4.18. The standard InChI is InChI=1S/C13H14N2O/c1-2-6-11-10(5-1)14-9-12(15-11)13-7-3-4-8-16-13/h1-2,5-6,9,13H,3-4,7-8H2/t13-/m0/s1. The zero-order chi connectivity index (χ0) is 10.8. The SMILES string of the molecule is c1ccc2nc([C@@H]3CCCCO3)cnc2c1. The molecule has 0 saturated carbocycles. The van der Waals surface area contributed by atoms with Crippen LogP contribution >= 0.6 is 0 Å². The van der Waals surface area contributed by atoms with E-state index in [-0.39, 0.29) is 6.10 Å². The molecule has 3 rings (SSSR count). The molecule has 1 saturated heterocycles. The summed E-state index contributed by atoms with van der Waals surface area (Å²) in [6.45, 7) is 0.846. The molecule has 2 heterocycles. The summed E-state index contributed by atoms with van der Waals surface area (Å²) in [7, 11) is 0. The Bertz CT molecular complexity index is 492. The number of fused-ring (bicyclic) bond motifs is 1. The number of hydrogen-bond donors (Lipinski definition) is 0. The third kappa shape index (κ3) is 1.78. The molecule has 0 aliphatic carbocycles. The fraction of sp³-hybridized carbons (Fsp3) is 0.385. The molecule has 0 radical (unpaired) electrons. The van der Waals surface area contributed by atoms with Crippen molar-refractivity contribution in [1.82, 2.24) is 9.97 Å². The molecule has 0 spiro atoms. The lowest BCUT2D eigenvalue weighted by Gasteiger charge is -2.21. The largest absolute Gasteiger partial charge is 0.372 e. The Kier molecular flexibility index (Phi) is 2.54. The van der Waals surface area contributed by atoms with E-state index >= 15 is 0 Å². The first-order chi connectivity index (χ1) is 7.93. The van der Waals surface area contributed by atoms with Crippen LogP contribution < -0.4 is 0 Å². The summed E-state index contributed by atoms with van der Waals surface area (Å²) in [5.74, 6) is 0. The predicted molar refractivity (Wildman–Crippen MR) is 62.1 cm³/mol. The first-order valence-corrected chi connectivity index (χ1v) is 5.77. The van der Waals surface area contributed by atoms with Gasteiger partial charge in [0.25, 0.3) is 0 Å². The smallest absolute Gasteiger partial charge is 0.101 e. The molecule has 1 aliphatic rings. The van der Waals surface area contributed by atoms with Gasteiger partial charge in [-0.25, -0.2) is 4.98 Å². The molecule has 0 N–H and O–H groups in total. The Hall–Kier alpha value is -1.48. The molecule has 0 bridgehead atoms. The monoisotopic (exact) mass is 214 g/mol. The molecule has 1 aromatic heterocycles. The molecule has 3 nitrogen and oxygen atoms in total. The topological polar surface area (TPSA) is 35.0 Å². The lowest BCUT2D eigenvalue weighted by molar-refractivity contribution is 0.0123. The normalized spacial score (nSPS) is 21.1. The molecule has 1 aromatic carbocycles. The Morgan fingerprint density at radius 2 is 2.00 bits per heavy atom. The first kappa shape index (κ1) is 9.73. The Labute approximate surface area is 94.5 Å². The fourth-order valence-electron chi connectivity index (χ4n) is 2.10. The Morgan fingerprint density at radius 3 is 2.81 bits per heavy atom. The number of ether oxygens (including phenoxy) is 1. The molecule has 1 atom stereocenters. The van der Waals surface area contributed by atoms with Crippen LogP contribution in [0.1, 0.15) is 31.1 Å². The van der Waals surface area contributed by atoms with E-state index in [1.54, 1.807) is 0 Å². The number of benzene rings is 1. The quantitative estimate of drug-likeness (QED) is 0.732. The third-order valence-corrected chi connectivity index (χ3v) is 2.98. The van der Waals surface area contributed by atoms with E-state index in [1.165, 1.54) is 6.42 Å². The van der Waals surface area contributed by atoms with Crippen LogP contribution in [0.3, 0.4) is 0 Å². The zero-order valence-electron chi connectivity index (χ0n) is 9.10. The van der Waals surface area contributed by atoms with Gasteiger partial charge in [-0.2, -0.15) is 0 Å². The highest BCUT2D eigenvalue weighted by atomic mass is 16.5. The van der Waals surface area contributed by atoms with Gasteiger partial charge < -0.3 is 4.74 Å². The van der Waals surface area contributed by atoms with Crippen molar-refractivity contribution in [2.75, 3.05) is 6.61 Å². The second-order valence-electron chi connectivity index (χ2n) is 4.14. The molecule has 3 heteroatoms. The van der Waals surface area contributed by atoms with Crippen molar-refractivity contribution in [1.29, 1.82) is 0 Å². The van der Waals surface area contributed by atoms with Crippen LogP contribution in [0.25, 0.3) is 11.0 Å². The maximum atomic E-state index is 5.71. The summed E-state index contributed by atoms with van der Waals surface area (Å²) in [5.41, 5.74) is 2.87. The van der Waals surface area contributed by atoms with Crippen molar-refractivity contribution in [3.63, 3.8) is 0 Å². The minimum atomic E-state index is 0.144. The maximum Gasteiger partial charge on any atom is 0.101 e. The zero-order valence-corrected chi connectivity index (χ0v) is 9.10. The Balaban J connectivity index is 1.97. The molecule has 2 aromatic rings. The van der Waals surface area contributed by atoms with Gasteiger partial charge in [-0.1, -0.05) is 12.1 Å². The third-order valence-electron chi connectivity index (χ3n) is 2.98. The minimum Gasteiger partial charge on any atom is -0.372 e. The van der Waals surface area contributed by atoms with E-state index in [4.69, 9.17) is 4.74 Å². The van der Waals surface area contributed by atoms with E-state index in [0.29, 0.717) is 0 Å². The van der Waals surface area contributed by atoms with Crippen LogP contribution in [0.5, 0.6) is 0 Å². The first-order valence-electron chi connectivity index (χ1n) is 5.77. The van der Waals surface area contributed by atoms with Gasteiger partial charge in [0.2, 0.25) is 0 Å². The predicted octanol–water partition coefficient (Wildman–Crippen LogP) is 2.87. The van der Waals surface area contributed by atoms with Gasteiger partial charge in [-0.15, -0.1) is 0 Å². The maximum absolute atomic E-state index is 5.71. The summed E-state index contributed by atoms with van der Waals surface area (Å²) in [6, 6.07) is 7.94. The summed E-state index contributed by atoms with van der Waals surface area (Å²) in [5, 5.41) is 0. The van der Waals surface area contributed by atoms with E-state index in [9.17, 15) is 0 Å². The molecule has 0 amide bonds. The second-order valence-corrected chi connectivity index (χ2v) is 4.14. The van der Waals surface area contributed by atoms with Gasteiger partial charge >= 0.3 is 0 Å². The van der Waals surface area contributed by atoms with Crippen LogP contribution in [0, 0.1) is 0 Å². The average Bonchev–Trinajstić information content (AvgIpc) is 2.39. The van der Waals surface area contributed by atoms with Crippen molar-refractivity contribution in [3.8, 4) is 0 Å². The Morgan fingerprint density at radius 1 is 1.12 bits per heavy atom. The van der Waals surface area contributed by atoms with Gasteiger partial charge in [-0.3, -0.25) is 4.98 Å². The molecule has 1 aliphatic heterocycles. The van der Waals surface area contributed by atoms with Gasteiger partial charge in [0, 0.05) is 6.61 Å². The van der Waals surface area contributed by atoms with Gasteiger partial charge in [0.05, 0.1) is 22.9 Å². The molecule has 1 fully saturated rings. The molecular weight excluding hydrogens is 200 g/mol. The van der Waals surface area contributed by atoms with E-state index < -0.39 is 0 Å². The summed E-state index contributed by atoms with van der Waals surface area (Å²) >= 11 is 0. The highest BCUT2D eigenvalue weighted by molar-refractivity contribution is 5.73. The fourth-order valence-corrected chi connectivity index (χ4v) is 2.10. The molecule has 82 valence electrons.